The number of benzene rings is 1. The van der Waals surface area contributed by atoms with Crippen molar-refractivity contribution in [2.24, 2.45) is 0 Å². The Hall–Kier alpha value is -0.650. The third kappa shape index (κ3) is 5.89. The van der Waals surface area contributed by atoms with Crippen LogP contribution < -0.4 is 5.32 Å². The highest BCUT2D eigenvalue weighted by Gasteiger charge is 2.11. The minimum atomic E-state index is -0.476. The Labute approximate surface area is 117 Å². The van der Waals surface area contributed by atoms with Gasteiger partial charge in [-0.05, 0) is 37.1 Å². The van der Waals surface area contributed by atoms with Crippen molar-refractivity contribution in [3.05, 3.63) is 29.3 Å². The Morgan fingerprint density at radius 1 is 1.26 bits per heavy atom. The molecule has 1 aromatic rings. The van der Waals surface area contributed by atoms with Crippen molar-refractivity contribution in [2.75, 3.05) is 26.0 Å². The van der Waals surface area contributed by atoms with E-state index >= 15 is 0 Å². The summed E-state index contributed by atoms with van der Waals surface area (Å²) in [6.45, 7) is 4.00. The normalized spacial score (nSPS) is 10.9. The van der Waals surface area contributed by atoms with Crippen LogP contribution in [0.1, 0.15) is 25.3 Å². The van der Waals surface area contributed by atoms with Gasteiger partial charge >= 0.3 is 0 Å². The fourth-order valence-electron chi connectivity index (χ4n) is 1.64. The topological polar surface area (TPSA) is 21.3 Å². The van der Waals surface area contributed by atoms with Crippen LogP contribution in [0.2, 0.25) is 0 Å². The summed E-state index contributed by atoms with van der Waals surface area (Å²) in [5, 5.41) is 3.13. The Kier molecular flexibility index (Phi) is 8.02. The summed E-state index contributed by atoms with van der Waals surface area (Å²) in [5.74, 6) is -0.304. The summed E-state index contributed by atoms with van der Waals surface area (Å²) in [6, 6.07) is 2.81. The third-order valence-corrected chi connectivity index (χ3v) is 3.72. The van der Waals surface area contributed by atoms with E-state index in [2.05, 4.69) is 5.32 Å². The standard InChI is InChI=1S/C14H21F2NOS/c1-3-5-17-10-11-8-12(15)14(13(16)9-11)19-7-4-6-18-2/h8-9,17H,3-7,10H2,1-2H3. The number of ether oxygens (including phenoxy) is 1. The van der Waals surface area contributed by atoms with E-state index in [4.69, 9.17) is 4.74 Å². The van der Waals surface area contributed by atoms with E-state index in [0.717, 1.165) is 19.4 Å². The second kappa shape index (κ2) is 9.28. The Morgan fingerprint density at radius 3 is 2.53 bits per heavy atom. The summed E-state index contributed by atoms with van der Waals surface area (Å²) in [4.78, 5) is 0.107. The first-order valence-corrected chi connectivity index (χ1v) is 7.48. The average Bonchev–Trinajstić information content (AvgIpc) is 2.37. The number of hydrogen-bond acceptors (Lipinski definition) is 3. The van der Waals surface area contributed by atoms with Gasteiger partial charge in [0.05, 0.1) is 4.90 Å². The molecule has 0 saturated carbocycles. The molecule has 1 aromatic carbocycles. The molecule has 0 bridgehead atoms. The Balaban J connectivity index is 2.58. The van der Waals surface area contributed by atoms with Gasteiger partial charge in [0.2, 0.25) is 0 Å². The van der Waals surface area contributed by atoms with E-state index in [-0.39, 0.29) is 4.90 Å². The molecule has 0 aliphatic rings. The first kappa shape index (κ1) is 16.4. The lowest BCUT2D eigenvalue weighted by atomic mass is 10.2. The maximum atomic E-state index is 13.8. The first-order chi connectivity index (χ1) is 9.19. The zero-order chi connectivity index (χ0) is 14.1. The van der Waals surface area contributed by atoms with Gasteiger partial charge in [0, 0.05) is 26.0 Å². The lowest BCUT2D eigenvalue weighted by Gasteiger charge is -2.08. The number of hydrogen-bond donors (Lipinski definition) is 1. The zero-order valence-electron chi connectivity index (χ0n) is 11.5. The molecule has 1 rings (SSSR count). The van der Waals surface area contributed by atoms with E-state index in [1.807, 2.05) is 6.92 Å². The van der Waals surface area contributed by atoms with Crippen LogP contribution >= 0.6 is 11.8 Å². The molecular formula is C14H21F2NOS. The second-order valence-corrected chi connectivity index (χ2v) is 5.37. The van der Waals surface area contributed by atoms with Gasteiger partial charge in [-0.1, -0.05) is 6.92 Å². The summed E-state index contributed by atoms with van der Waals surface area (Å²) in [5.41, 5.74) is 0.643. The summed E-state index contributed by atoms with van der Waals surface area (Å²) in [7, 11) is 1.62. The third-order valence-electron chi connectivity index (χ3n) is 2.55. The van der Waals surface area contributed by atoms with Crippen molar-refractivity contribution in [3.8, 4) is 0 Å². The first-order valence-electron chi connectivity index (χ1n) is 6.49. The lowest BCUT2D eigenvalue weighted by molar-refractivity contribution is 0.200. The largest absolute Gasteiger partial charge is 0.385 e. The smallest absolute Gasteiger partial charge is 0.140 e. The van der Waals surface area contributed by atoms with Gasteiger partial charge in [-0.2, -0.15) is 0 Å². The molecular weight excluding hydrogens is 268 g/mol. The van der Waals surface area contributed by atoms with Crippen LogP contribution in [0.5, 0.6) is 0 Å². The number of thioether (sulfide) groups is 1. The highest BCUT2D eigenvalue weighted by Crippen LogP contribution is 2.27. The maximum absolute atomic E-state index is 13.8. The molecule has 0 saturated heterocycles. The molecule has 1 N–H and O–H groups in total. The predicted octanol–water partition coefficient (Wildman–Crippen LogP) is 3.59. The summed E-state index contributed by atoms with van der Waals surface area (Å²) >= 11 is 1.20. The molecule has 0 radical (unpaired) electrons. The molecule has 0 aromatic heterocycles. The quantitative estimate of drug-likeness (QED) is 0.554. The van der Waals surface area contributed by atoms with Crippen LogP contribution in [0.25, 0.3) is 0 Å². The van der Waals surface area contributed by atoms with Crippen molar-refractivity contribution in [2.45, 2.75) is 31.2 Å². The molecule has 2 nitrogen and oxygen atoms in total. The van der Waals surface area contributed by atoms with E-state index in [9.17, 15) is 8.78 Å². The van der Waals surface area contributed by atoms with Crippen molar-refractivity contribution in [1.29, 1.82) is 0 Å². The summed E-state index contributed by atoms with van der Waals surface area (Å²) < 4.78 is 32.5. The molecule has 0 aliphatic heterocycles. The van der Waals surface area contributed by atoms with Crippen LogP contribution in [0.4, 0.5) is 8.78 Å². The van der Waals surface area contributed by atoms with E-state index in [1.165, 1.54) is 23.9 Å². The molecule has 0 amide bonds. The van der Waals surface area contributed by atoms with Crippen LogP contribution in [0.15, 0.2) is 17.0 Å². The van der Waals surface area contributed by atoms with Gasteiger partial charge in [-0.3, -0.25) is 0 Å². The van der Waals surface area contributed by atoms with Crippen molar-refractivity contribution >= 4 is 11.8 Å². The molecule has 0 heterocycles. The van der Waals surface area contributed by atoms with Crippen LogP contribution in [-0.4, -0.2) is 26.0 Å². The number of halogens is 2. The Morgan fingerprint density at radius 2 is 1.95 bits per heavy atom. The molecule has 0 atom stereocenters. The number of rotatable bonds is 9. The van der Waals surface area contributed by atoms with Crippen molar-refractivity contribution in [3.63, 3.8) is 0 Å². The fraction of sp³-hybridized carbons (Fsp3) is 0.571. The van der Waals surface area contributed by atoms with Gasteiger partial charge in [0.1, 0.15) is 11.6 Å². The van der Waals surface area contributed by atoms with E-state index in [0.29, 0.717) is 24.5 Å². The minimum Gasteiger partial charge on any atom is -0.385 e. The van der Waals surface area contributed by atoms with Gasteiger partial charge in [-0.25, -0.2) is 8.78 Å². The maximum Gasteiger partial charge on any atom is 0.140 e. The zero-order valence-corrected chi connectivity index (χ0v) is 12.3. The van der Waals surface area contributed by atoms with Crippen molar-refractivity contribution in [1.82, 2.24) is 5.32 Å². The van der Waals surface area contributed by atoms with Gasteiger partial charge in [-0.15, -0.1) is 11.8 Å². The predicted molar refractivity (Wildman–Crippen MR) is 75.6 cm³/mol. The average molecular weight is 289 g/mol. The SMILES string of the molecule is CCCNCc1cc(F)c(SCCCOC)c(F)c1. The number of nitrogens with one attached hydrogen (secondary N) is 1. The second-order valence-electron chi connectivity index (χ2n) is 4.26. The molecule has 0 unspecified atom stereocenters. The summed E-state index contributed by atoms with van der Waals surface area (Å²) in [6.07, 6.45) is 1.78. The molecule has 19 heavy (non-hydrogen) atoms. The van der Waals surface area contributed by atoms with Gasteiger partial charge in [0.15, 0.2) is 0 Å². The van der Waals surface area contributed by atoms with Crippen LogP contribution in [0, 0.1) is 11.6 Å². The number of methoxy groups -OCH3 is 1. The van der Waals surface area contributed by atoms with Crippen molar-refractivity contribution < 1.29 is 13.5 Å². The highest BCUT2D eigenvalue weighted by molar-refractivity contribution is 7.99. The highest BCUT2D eigenvalue weighted by atomic mass is 32.2. The molecule has 5 heteroatoms. The van der Waals surface area contributed by atoms with Gasteiger partial charge in [0.25, 0.3) is 0 Å². The molecule has 0 aliphatic carbocycles. The molecule has 0 fully saturated rings. The van der Waals surface area contributed by atoms with Gasteiger partial charge < -0.3 is 10.1 Å². The lowest BCUT2D eigenvalue weighted by Crippen LogP contribution is -2.14. The van der Waals surface area contributed by atoms with E-state index < -0.39 is 11.6 Å². The monoisotopic (exact) mass is 289 g/mol. The fourth-order valence-corrected chi connectivity index (χ4v) is 2.50. The Bertz CT molecular complexity index is 365. The molecule has 0 spiro atoms. The molecule has 108 valence electrons. The van der Waals surface area contributed by atoms with E-state index in [1.54, 1.807) is 7.11 Å². The van der Waals surface area contributed by atoms with Crippen LogP contribution in [-0.2, 0) is 11.3 Å². The van der Waals surface area contributed by atoms with Crippen LogP contribution in [0.3, 0.4) is 0 Å². The minimum absolute atomic E-state index is 0.107.